The Kier molecular flexibility index (Phi) is 6.95. The fourth-order valence-corrected chi connectivity index (χ4v) is 3.88. The molecule has 1 aromatic heterocycles. The van der Waals surface area contributed by atoms with Crippen molar-refractivity contribution in [3.8, 4) is 11.5 Å². The number of ether oxygens (including phenoxy) is 2. The quantitative estimate of drug-likeness (QED) is 0.559. The summed E-state index contributed by atoms with van der Waals surface area (Å²) in [6.07, 6.45) is 0.885. The van der Waals surface area contributed by atoms with Gasteiger partial charge in [-0.15, -0.1) is 0 Å². The second-order valence-electron chi connectivity index (χ2n) is 6.36. The van der Waals surface area contributed by atoms with E-state index in [4.69, 9.17) is 15.2 Å². The molecule has 27 heavy (non-hydrogen) atoms. The maximum absolute atomic E-state index is 6.15. The fourth-order valence-electron chi connectivity index (χ4n) is 3.17. The van der Waals surface area contributed by atoms with E-state index in [-0.39, 0.29) is 6.04 Å². The molecular formula is C20H28N4O2S. The molecule has 0 spiro atoms. The van der Waals surface area contributed by atoms with Crippen LogP contribution in [0.3, 0.4) is 0 Å². The second-order valence-corrected chi connectivity index (χ2v) is 7.14. The van der Waals surface area contributed by atoms with Crippen LogP contribution in [-0.4, -0.2) is 43.7 Å². The third-order valence-electron chi connectivity index (χ3n) is 4.64. The average molecular weight is 389 g/mol. The minimum absolute atomic E-state index is 0.232. The largest absolute Gasteiger partial charge is 0.490 e. The topological polar surface area (TPSA) is 72.1 Å². The Bertz CT molecular complexity index is 744. The Labute approximate surface area is 165 Å². The number of anilines is 1. The molecule has 0 saturated carbocycles. The van der Waals surface area contributed by atoms with Crippen LogP contribution in [0.2, 0.25) is 0 Å². The van der Waals surface area contributed by atoms with E-state index in [1.807, 2.05) is 18.2 Å². The van der Waals surface area contributed by atoms with Gasteiger partial charge in [-0.1, -0.05) is 13.8 Å². The van der Waals surface area contributed by atoms with Gasteiger partial charge in [-0.3, -0.25) is 9.89 Å². The normalized spacial score (nSPS) is 15.4. The van der Waals surface area contributed by atoms with Gasteiger partial charge in [-0.05, 0) is 47.6 Å². The molecule has 3 N–H and O–H groups in total. The monoisotopic (exact) mass is 388 g/mol. The molecule has 6 nitrogen and oxygen atoms in total. The van der Waals surface area contributed by atoms with E-state index >= 15 is 0 Å². The molecule has 2 heterocycles. The molecule has 1 aromatic carbocycles. The molecule has 1 unspecified atom stereocenters. The van der Waals surface area contributed by atoms with Gasteiger partial charge in [0, 0.05) is 18.2 Å². The summed E-state index contributed by atoms with van der Waals surface area (Å²) in [5.74, 6) is 1.91. The molecule has 0 aliphatic carbocycles. The molecule has 2 aromatic rings. The van der Waals surface area contributed by atoms with Gasteiger partial charge in [-0.25, -0.2) is 0 Å². The van der Waals surface area contributed by atoms with Gasteiger partial charge in [0.25, 0.3) is 0 Å². The van der Waals surface area contributed by atoms with Gasteiger partial charge in [-0.2, -0.15) is 11.3 Å². The fraction of sp³-hybridized carbons (Fsp3) is 0.450. The first-order valence-corrected chi connectivity index (χ1v) is 10.4. The average Bonchev–Trinajstić information content (AvgIpc) is 3.10. The van der Waals surface area contributed by atoms with Crippen molar-refractivity contribution in [2.75, 3.05) is 38.2 Å². The number of nitrogens with one attached hydrogen (secondary N) is 1. The van der Waals surface area contributed by atoms with Crippen molar-refractivity contribution in [2.24, 2.45) is 10.7 Å². The van der Waals surface area contributed by atoms with Crippen molar-refractivity contribution in [3.05, 3.63) is 40.6 Å². The van der Waals surface area contributed by atoms with Crippen LogP contribution < -0.4 is 20.5 Å². The smallest absolute Gasteiger partial charge is 0.193 e. The van der Waals surface area contributed by atoms with Crippen LogP contribution in [0.1, 0.15) is 31.9 Å². The summed E-state index contributed by atoms with van der Waals surface area (Å²) in [4.78, 5) is 6.99. The number of guanidine groups is 1. The van der Waals surface area contributed by atoms with Gasteiger partial charge in [0.2, 0.25) is 0 Å². The summed E-state index contributed by atoms with van der Waals surface area (Å²) in [7, 11) is 0. The van der Waals surface area contributed by atoms with Crippen LogP contribution in [0.15, 0.2) is 40.0 Å². The Morgan fingerprint density at radius 3 is 2.70 bits per heavy atom. The maximum atomic E-state index is 6.15. The number of rotatable bonds is 7. The zero-order valence-corrected chi connectivity index (χ0v) is 16.8. The Morgan fingerprint density at radius 2 is 2.00 bits per heavy atom. The highest BCUT2D eigenvalue weighted by Crippen LogP contribution is 2.32. The standard InChI is InChI=1S/C20H28N4O2S/c1-3-24(4-2)17(15-8-11-27-14-15)13-22-20(21)23-16-6-7-18-19(12-16)26-10-5-9-25-18/h6-8,11-12,14,17H,3-5,9-10,13H2,1-2H3,(H3,21,22,23). The predicted octanol–water partition coefficient (Wildman–Crippen LogP) is 3.72. The van der Waals surface area contributed by atoms with E-state index in [0.717, 1.165) is 36.7 Å². The highest BCUT2D eigenvalue weighted by atomic mass is 32.1. The number of likely N-dealkylation sites (N-methyl/N-ethyl adjacent to an activating group) is 1. The molecule has 0 bridgehead atoms. The van der Waals surface area contributed by atoms with E-state index in [9.17, 15) is 0 Å². The molecule has 7 heteroatoms. The van der Waals surface area contributed by atoms with Crippen LogP contribution in [0.5, 0.6) is 11.5 Å². The van der Waals surface area contributed by atoms with Crippen molar-refractivity contribution < 1.29 is 9.47 Å². The summed E-state index contributed by atoms with van der Waals surface area (Å²) >= 11 is 1.71. The number of hydrogen-bond acceptors (Lipinski definition) is 5. The molecule has 1 atom stereocenters. The van der Waals surface area contributed by atoms with Crippen molar-refractivity contribution >= 4 is 23.0 Å². The molecule has 1 aliphatic rings. The van der Waals surface area contributed by atoms with E-state index in [2.05, 4.69) is 45.9 Å². The van der Waals surface area contributed by atoms with Gasteiger partial charge in [0.1, 0.15) is 0 Å². The van der Waals surface area contributed by atoms with Crippen LogP contribution in [0.4, 0.5) is 5.69 Å². The molecule has 0 fully saturated rings. The molecule has 0 saturated heterocycles. The highest BCUT2D eigenvalue weighted by molar-refractivity contribution is 7.07. The van der Waals surface area contributed by atoms with Gasteiger partial charge in [0.05, 0.1) is 25.8 Å². The minimum Gasteiger partial charge on any atom is -0.490 e. The van der Waals surface area contributed by atoms with Gasteiger partial charge in [0.15, 0.2) is 17.5 Å². The Morgan fingerprint density at radius 1 is 1.22 bits per heavy atom. The first kappa shape index (κ1) is 19.5. The second kappa shape index (κ2) is 9.62. The third-order valence-corrected chi connectivity index (χ3v) is 5.34. The van der Waals surface area contributed by atoms with E-state index in [0.29, 0.717) is 25.7 Å². The molecular weight excluding hydrogens is 360 g/mol. The van der Waals surface area contributed by atoms with Crippen LogP contribution in [0, 0.1) is 0 Å². The zero-order chi connectivity index (χ0) is 19.1. The predicted molar refractivity (Wildman–Crippen MR) is 112 cm³/mol. The summed E-state index contributed by atoms with van der Waals surface area (Å²) in [6.45, 7) is 8.24. The lowest BCUT2D eigenvalue weighted by atomic mass is 10.1. The first-order chi connectivity index (χ1) is 13.2. The van der Waals surface area contributed by atoms with Crippen LogP contribution in [-0.2, 0) is 0 Å². The minimum atomic E-state index is 0.232. The number of nitrogens with two attached hydrogens (primary N) is 1. The lowest BCUT2D eigenvalue weighted by Gasteiger charge is -2.28. The third kappa shape index (κ3) is 5.14. The van der Waals surface area contributed by atoms with E-state index < -0.39 is 0 Å². The zero-order valence-electron chi connectivity index (χ0n) is 16.0. The van der Waals surface area contributed by atoms with Crippen molar-refractivity contribution in [1.82, 2.24) is 4.90 Å². The summed E-state index contributed by atoms with van der Waals surface area (Å²) in [6, 6.07) is 8.13. The number of fused-ring (bicyclic) bond motifs is 1. The summed E-state index contributed by atoms with van der Waals surface area (Å²) in [5.41, 5.74) is 8.28. The number of thiophene rings is 1. The SMILES string of the molecule is CCN(CC)C(CN=C(N)Nc1ccc2c(c1)OCCCO2)c1ccsc1. The van der Waals surface area contributed by atoms with Crippen molar-refractivity contribution in [3.63, 3.8) is 0 Å². The molecule has 1 aliphatic heterocycles. The lowest BCUT2D eigenvalue weighted by Crippen LogP contribution is -2.31. The Hall–Kier alpha value is -2.25. The Balaban J connectivity index is 1.68. The molecule has 3 rings (SSSR count). The highest BCUT2D eigenvalue weighted by Gasteiger charge is 2.18. The summed E-state index contributed by atoms with van der Waals surface area (Å²) in [5, 5.41) is 7.46. The number of nitrogens with zero attached hydrogens (tertiary/aromatic N) is 2. The summed E-state index contributed by atoms with van der Waals surface area (Å²) < 4.78 is 11.4. The van der Waals surface area contributed by atoms with E-state index in [1.165, 1.54) is 5.56 Å². The lowest BCUT2D eigenvalue weighted by molar-refractivity contribution is 0.225. The van der Waals surface area contributed by atoms with Gasteiger partial charge < -0.3 is 20.5 Å². The number of benzene rings is 1. The van der Waals surface area contributed by atoms with Crippen molar-refractivity contribution in [2.45, 2.75) is 26.3 Å². The number of hydrogen-bond donors (Lipinski definition) is 2. The van der Waals surface area contributed by atoms with Crippen molar-refractivity contribution in [1.29, 1.82) is 0 Å². The van der Waals surface area contributed by atoms with E-state index in [1.54, 1.807) is 11.3 Å². The number of aliphatic imine (C=N–C) groups is 1. The molecule has 146 valence electrons. The maximum Gasteiger partial charge on any atom is 0.193 e. The van der Waals surface area contributed by atoms with Gasteiger partial charge >= 0.3 is 0 Å². The molecule has 0 radical (unpaired) electrons. The molecule has 0 amide bonds. The van der Waals surface area contributed by atoms with Crippen LogP contribution in [0.25, 0.3) is 0 Å². The van der Waals surface area contributed by atoms with Crippen LogP contribution >= 0.6 is 11.3 Å². The first-order valence-electron chi connectivity index (χ1n) is 9.44.